The molecule has 0 saturated heterocycles. The summed E-state index contributed by atoms with van der Waals surface area (Å²) in [5.41, 5.74) is 2.16. The van der Waals surface area contributed by atoms with Gasteiger partial charge in [-0.2, -0.15) is 5.10 Å². The van der Waals surface area contributed by atoms with E-state index < -0.39 is 5.82 Å². The Morgan fingerprint density at radius 1 is 1.06 bits per heavy atom. The minimum atomic E-state index is -0.405. The highest BCUT2D eigenvalue weighted by molar-refractivity contribution is 6.07. The highest BCUT2D eigenvalue weighted by Crippen LogP contribution is 2.35. The van der Waals surface area contributed by atoms with Crippen molar-refractivity contribution in [3.05, 3.63) is 71.3 Å². The average molecular weight is 438 g/mol. The summed E-state index contributed by atoms with van der Waals surface area (Å²) in [5, 5.41) is 7.28. The molecule has 1 aromatic heterocycles. The van der Waals surface area contributed by atoms with Crippen LogP contribution in [-0.2, 0) is 7.05 Å². The maximum atomic E-state index is 13.3. The second-order valence-electron chi connectivity index (χ2n) is 7.39. The van der Waals surface area contributed by atoms with Crippen molar-refractivity contribution in [2.75, 3.05) is 25.7 Å². The molecule has 1 unspecified atom stereocenters. The third-order valence-electron chi connectivity index (χ3n) is 5.51. The summed E-state index contributed by atoms with van der Waals surface area (Å²) in [6, 6.07) is 10.0. The standard InChI is InChI=1S/C23H23FN4O4/c1-27-21-17(26-22(29)14-4-7-16(24)8-5-14)10-11-28(18(21)13-25-27)23(30)15-6-9-19(31-2)20(12-15)32-3/h4-9,12-13,17H,10-11H2,1-3H3,(H,26,29). The summed E-state index contributed by atoms with van der Waals surface area (Å²) < 4.78 is 25.4. The van der Waals surface area contributed by atoms with Crippen LogP contribution in [0.25, 0.3) is 0 Å². The summed E-state index contributed by atoms with van der Waals surface area (Å²) in [6.45, 7) is 0.389. The Balaban J connectivity index is 1.59. The molecule has 0 spiro atoms. The van der Waals surface area contributed by atoms with Gasteiger partial charge in [0.25, 0.3) is 11.8 Å². The number of anilines is 1. The Morgan fingerprint density at radius 2 is 1.75 bits per heavy atom. The van der Waals surface area contributed by atoms with Crippen LogP contribution in [0.3, 0.4) is 0 Å². The number of aryl methyl sites for hydroxylation is 1. The van der Waals surface area contributed by atoms with Crippen molar-refractivity contribution in [1.29, 1.82) is 0 Å². The van der Waals surface area contributed by atoms with E-state index in [2.05, 4.69) is 10.4 Å². The van der Waals surface area contributed by atoms with Crippen LogP contribution in [0.2, 0.25) is 0 Å². The summed E-state index contributed by atoms with van der Waals surface area (Å²) >= 11 is 0. The number of aromatic nitrogens is 2. The lowest BCUT2D eigenvalue weighted by Gasteiger charge is -2.32. The smallest absolute Gasteiger partial charge is 0.258 e. The van der Waals surface area contributed by atoms with Crippen LogP contribution in [-0.4, -0.2) is 42.4 Å². The first-order valence-electron chi connectivity index (χ1n) is 10.0. The minimum absolute atomic E-state index is 0.205. The van der Waals surface area contributed by atoms with Crippen LogP contribution in [0.15, 0.2) is 48.7 Å². The minimum Gasteiger partial charge on any atom is -0.493 e. The van der Waals surface area contributed by atoms with Crippen molar-refractivity contribution < 1.29 is 23.5 Å². The number of amides is 2. The zero-order valence-corrected chi connectivity index (χ0v) is 18.0. The molecule has 1 aliphatic heterocycles. The van der Waals surface area contributed by atoms with Gasteiger partial charge in [0.2, 0.25) is 0 Å². The van der Waals surface area contributed by atoms with Gasteiger partial charge in [0, 0.05) is 24.7 Å². The fourth-order valence-electron chi connectivity index (χ4n) is 3.88. The number of hydrogen-bond donors (Lipinski definition) is 1. The molecule has 0 saturated carbocycles. The van der Waals surface area contributed by atoms with E-state index in [-0.39, 0.29) is 17.9 Å². The SMILES string of the molecule is COc1ccc(C(=O)N2CCC(NC(=O)c3ccc(F)cc3)c3c2cnn3C)cc1OC. The van der Waals surface area contributed by atoms with Gasteiger partial charge in [-0.25, -0.2) is 4.39 Å². The van der Waals surface area contributed by atoms with Gasteiger partial charge in [-0.3, -0.25) is 14.3 Å². The van der Waals surface area contributed by atoms with Crippen LogP contribution >= 0.6 is 0 Å². The topological polar surface area (TPSA) is 85.7 Å². The van der Waals surface area contributed by atoms with Crippen LogP contribution in [0.4, 0.5) is 10.1 Å². The number of nitrogens with zero attached hydrogens (tertiary/aromatic N) is 3. The summed E-state index contributed by atoms with van der Waals surface area (Å²) in [6.07, 6.45) is 2.11. The van der Waals surface area contributed by atoms with Gasteiger partial charge in [0.05, 0.1) is 37.8 Å². The predicted molar refractivity (Wildman–Crippen MR) is 116 cm³/mol. The number of methoxy groups -OCH3 is 2. The van der Waals surface area contributed by atoms with Gasteiger partial charge in [-0.1, -0.05) is 0 Å². The van der Waals surface area contributed by atoms with Gasteiger partial charge in [-0.15, -0.1) is 0 Å². The lowest BCUT2D eigenvalue weighted by molar-refractivity contribution is 0.0931. The zero-order chi connectivity index (χ0) is 22.8. The molecule has 32 heavy (non-hydrogen) atoms. The number of ether oxygens (including phenoxy) is 2. The molecular formula is C23H23FN4O4. The highest BCUT2D eigenvalue weighted by atomic mass is 19.1. The van der Waals surface area contributed by atoms with E-state index in [0.717, 1.165) is 5.69 Å². The Labute approximate surface area is 184 Å². The molecule has 1 N–H and O–H groups in total. The van der Waals surface area contributed by atoms with Crippen molar-refractivity contribution in [2.45, 2.75) is 12.5 Å². The highest BCUT2D eigenvalue weighted by Gasteiger charge is 2.33. The number of hydrogen-bond acceptors (Lipinski definition) is 5. The quantitative estimate of drug-likeness (QED) is 0.662. The number of halogens is 1. The Morgan fingerprint density at radius 3 is 2.44 bits per heavy atom. The first-order chi connectivity index (χ1) is 15.4. The molecule has 9 heteroatoms. The van der Waals surface area contributed by atoms with E-state index in [0.29, 0.717) is 41.3 Å². The van der Waals surface area contributed by atoms with E-state index in [1.165, 1.54) is 38.5 Å². The van der Waals surface area contributed by atoms with Gasteiger partial charge in [0.15, 0.2) is 11.5 Å². The monoisotopic (exact) mass is 438 g/mol. The molecule has 166 valence electrons. The molecule has 0 fully saturated rings. The van der Waals surface area contributed by atoms with Crippen LogP contribution in [0, 0.1) is 5.82 Å². The predicted octanol–water partition coefficient (Wildman–Crippen LogP) is 3.10. The van der Waals surface area contributed by atoms with E-state index in [9.17, 15) is 14.0 Å². The lowest BCUT2D eigenvalue weighted by Crippen LogP contribution is -2.41. The Kier molecular flexibility index (Phi) is 5.81. The van der Waals surface area contributed by atoms with E-state index >= 15 is 0 Å². The number of benzene rings is 2. The molecule has 2 amide bonds. The van der Waals surface area contributed by atoms with Gasteiger partial charge < -0.3 is 19.7 Å². The molecule has 0 aliphatic carbocycles. The molecule has 0 bridgehead atoms. The van der Waals surface area contributed by atoms with E-state index in [1.807, 2.05) is 0 Å². The summed E-state index contributed by atoms with van der Waals surface area (Å²) in [4.78, 5) is 27.6. The second kappa shape index (κ2) is 8.70. The molecule has 0 radical (unpaired) electrons. The molecule has 2 aromatic carbocycles. The lowest BCUT2D eigenvalue weighted by atomic mass is 10.0. The molecule has 8 nitrogen and oxygen atoms in total. The molecular weight excluding hydrogens is 415 g/mol. The van der Waals surface area contributed by atoms with Crippen molar-refractivity contribution in [3.8, 4) is 11.5 Å². The first kappa shape index (κ1) is 21.4. The molecule has 1 atom stereocenters. The largest absolute Gasteiger partial charge is 0.493 e. The number of carbonyl (C=O) groups is 2. The normalized spacial score (nSPS) is 15.1. The Bertz CT molecular complexity index is 1160. The van der Waals surface area contributed by atoms with Crippen molar-refractivity contribution in [3.63, 3.8) is 0 Å². The van der Waals surface area contributed by atoms with E-state index in [4.69, 9.17) is 9.47 Å². The van der Waals surface area contributed by atoms with Gasteiger partial charge in [0.1, 0.15) is 5.82 Å². The Hall–Kier alpha value is -3.88. The number of fused-ring (bicyclic) bond motifs is 1. The molecule has 2 heterocycles. The third kappa shape index (κ3) is 3.89. The second-order valence-corrected chi connectivity index (χ2v) is 7.39. The number of rotatable bonds is 5. The van der Waals surface area contributed by atoms with Gasteiger partial charge in [-0.05, 0) is 48.9 Å². The number of nitrogens with one attached hydrogen (secondary N) is 1. The van der Waals surface area contributed by atoms with Crippen molar-refractivity contribution in [2.24, 2.45) is 7.05 Å². The molecule has 1 aliphatic rings. The molecule has 4 rings (SSSR count). The molecule has 3 aromatic rings. The van der Waals surface area contributed by atoms with Crippen LogP contribution in [0.5, 0.6) is 11.5 Å². The third-order valence-corrected chi connectivity index (χ3v) is 5.51. The fraction of sp³-hybridized carbons (Fsp3) is 0.261. The van der Waals surface area contributed by atoms with Crippen LogP contribution in [0.1, 0.15) is 38.9 Å². The maximum absolute atomic E-state index is 13.3. The van der Waals surface area contributed by atoms with Crippen molar-refractivity contribution >= 4 is 17.5 Å². The fourth-order valence-corrected chi connectivity index (χ4v) is 3.88. The van der Waals surface area contributed by atoms with E-state index in [1.54, 1.807) is 41.0 Å². The average Bonchev–Trinajstić information content (AvgIpc) is 3.20. The maximum Gasteiger partial charge on any atom is 0.258 e. The van der Waals surface area contributed by atoms with Crippen molar-refractivity contribution in [1.82, 2.24) is 15.1 Å². The summed E-state index contributed by atoms with van der Waals surface area (Å²) in [5.74, 6) is 0.0716. The first-order valence-corrected chi connectivity index (χ1v) is 10.0. The van der Waals surface area contributed by atoms with Crippen LogP contribution < -0.4 is 19.7 Å². The van der Waals surface area contributed by atoms with Gasteiger partial charge >= 0.3 is 0 Å². The summed E-state index contributed by atoms with van der Waals surface area (Å²) in [7, 11) is 4.81. The number of carbonyl (C=O) groups excluding carboxylic acids is 2. The zero-order valence-electron chi connectivity index (χ0n) is 18.0.